The zero-order valence-electron chi connectivity index (χ0n) is 15.6. The second-order valence-corrected chi connectivity index (χ2v) is 7.06. The molecule has 0 radical (unpaired) electrons. The van der Waals surface area contributed by atoms with Crippen LogP contribution in [0.15, 0.2) is 47.6 Å². The largest absolute Gasteiger partial charge is 0.324 e. The van der Waals surface area contributed by atoms with E-state index in [0.717, 1.165) is 17.2 Å². The molecule has 1 amide bonds. The van der Waals surface area contributed by atoms with E-state index in [9.17, 15) is 14.9 Å². The van der Waals surface area contributed by atoms with Crippen LogP contribution in [0.4, 0.5) is 11.4 Å². The number of nitro benzene ring substituents is 1. The monoisotopic (exact) mass is 408 g/mol. The summed E-state index contributed by atoms with van der Waals surface area (Å²) >= 11 is 1.20. The molecule has 9 nitrogen and oxygen atoms in total. The van der Waals surface area contributed by atoms with Crippen molar-refractivity contribution in [1.82, 2.24) is 14.8 Å². The molecule has 2 aromatic carbocycles. The number of hydrogen-bond donors (Lipinski definition) is 1. The zero-order chi connectivity index (χ0) is 21.0. The van der Waals surface area contributed by atoms with E-state index < -0.39 is 4.92 Å². The Morgan fingerprint density at radius 3 is 2.76 bits per heavy atom. The molecule has 3 rings (SSSR count). The fourth-order valence-corrected chi connectivity index (χ4v) is 3.37. The molecule has 0 bridgehead atoms. The van der Waals surface area contributed by atoms with E-state index in [1.165, 1.54) is 23.9 Å². The third kappa shape index (κ3) is 4.41. The van der Waals surface area contributed by atoms with Gasteiger partial charge in [-0.25, -0.2) is 0 Å². The Morgan fingerprint density at radius 2 is 2.07 bits per heavy atom. The number of nitriles is 1. The third-order valence-electron chi connectivity index (χ3n) is 4.16. The molecule has 0 atom stereocenters. The zero-order valence-corrected chi connectivity index (χ0v) is 16.4. The summed E-state index contributed by atoms with van der Waals surface area (Å²) in [7, 11) is 1.83. The van der Waals surface area contributed by atoms with Crippen LogP contribution in [0.3, 0.4) is 0 Å². The predicted molar refractivity (Wildman–Crippen MR) is 108 cm³/mol. The maximum Gasteiger partial charge on any atom is 0.270 e. The number of aryl methyl sites for hydroxylation is 1. The van der Waals surface area contributed by atoms with E-state index in [0.29, 0.717) is 11.0 Å². The van der Waals surface area contributed by atoms with Crippen molar-refractivity contribution >= 4 is 29.0 Å². The van der Waals surface area contributed by atoms with Gasteiger partial charge in [-0.1, -0.05) is 36.0 Å². The number of hydrogen-bond acceptors (Lipinski definition) is 7. The standard InChI is InChI=1S/C19H16N6O3S/c1-12-5-3-4-6-15(12)18-22-23-19(24(18)2)29-11-17(26)21-16-8-7-14(25(27)28)9-13(16)10-20/h3-9H,11H2,1-2H3,(H,21,26). The molecular formula is C19H16N6O3S. The van der Waals surface area contributed by atoms with Gasteiger partial charge in [0.2, 0.25) is 5.91 Å². The molecule has 29 heavy (non-hydrogen) atoms. The van der Waals surface area contributed by atoms with E-state index in [1.807, 2.05) is 48.9 Å². The van der Waals surface area contributed by atoms with Crippen molar-refractivity contribution in [3.8, 4) is 17.5 Å². The van der Waals surface area contributed by atoms with Gasteiger partial charge in [0, 0.05) is 24.7 Å². The van der Waals surface area contributed by atoms with Crippen molar-refractivity contribution in [3.63, 3.8) is 0 Å². The van der Waals surface area contributed by atoms with Crippen molar-refractivity contribution in [2.75, 3.05) is 11.1 Å². The lowest BCUT2D eigenvalue weighted by Gasteiger charge is -2.08. The Kier molecular flexibility index (Phi) is 5.90. The minimum atomic E-state index is -0.595. The smallest absolute Gasteiger partial charge is 0.270 e. The quantitative estimate of drug-likeness (QED) is 0.376. The molecule has 3 aromatic rings. The number of non-ortho nitro benzene ring substituents is 1. The Morgan fingerprint density at radius 1 is 1.31 bits per heavy atom. The first-order valence-electron chi connectivity index (χ1n) is 8.47. The average molecular weight is 408 g/mol. The average Bonchev–Trinajstić information content (AvgIpc) is 3.07. The SMILES string of the molecule is Cc1ccccc1-c1nnc(SCC(=O)Nc2ccc([N+](=O)[O-])cc2C#N)n1C. The van der Waals surface area contributed by atoms with Gasteiger partial charge in [0.05, 0.1) is 21.9 Å². The number of aromatic nitrogens is 3. The number of nitrogens with zero attached hydrogens (tertiary/aromatic N) is 5. The molecule has 0 saturated carbocycles. The number of nitrogens with one attached hydrogen (secondary N) is 1. The van der Waals surface area contributed by atoms with E-state index in [1.54, 1.807) is 0 Å². The summed E-state index contributed by atoms with van der Waals surface area (Å²) in [6.45, 7) is 1.99. The molecule has 0 aliphatic carbocycles. The first kappa shape index (κ1) is 20.0. The highest BCUT2D eigenvalue weighted by atomic mass is 32.2. The minimum absolute atomic E-state index is 0.0260. The van der Waals surface area contributed by atoms with E-state index in [2.05, 4.69) is 15.5 Å². The molecule has 146 valence electrons. The molecule has 0 aliphatic heterocycles. The van der Waals surface area contributed by atoms with Gasteiger partial charge < -0.3 is 9.88 Å². The van der Waals surface area contributed by atoms with Gasteiger partial charge >= 0.3 is 0 Å². The van der Waals surface area contributed by atoms with Crippen molar-refractivity contribution in [3.05, 3.63) is 63.7 Å². The van der Waals surface area contributed by atoms with Crippen LogP contribution in [0, 0.1) is 28.4 Å². The highest BCUT2D eigenvalue weighted by Gasteiger charge is 2.16. The normalized spacial score (nSPS) is 10.4. The van der Waals surface area contributed by atoms with E-state index in [4.69, 9.17) is 5.26 Å². The van der Waals surface area contributed by atoms with Gasteiger partial charge in [-0.2, -0.15) is 5.26 Å². The fourth-order valence-electron chi connectivity index (χ4n) is 2.66. The number of anilines is 1. The fraction of sp³-hybridized carbons (Fsp3) is 0.158. The second-order valence-electron chi connectivity index (χ2n) is 6.12. The van der Waals surface area contributed by atoms with Crippen LogP contribution in [-0.4, -0.2) is 31.3 Å². The summed E-state index contributed by atoms with van der Waals surface area (Å²) in [4.78, 5) is 22.5. The molecule has 0 fully saturated rings. The highest BCUT2D eigenvalue weighted by Crippen LogP contribution is 2.26. The highest BCUT2D eigenvalue weighted by molar-refractivity contribution is 7.99. The molecule has 0 spiro atoms. The first-order valence-corrected chi connectivity index (χ1v) is 9.46. The summed E-state index contributed by atoms with van der Waals surface area (Å²) in [6, 6.07) is 13.4. The Hall–Kier alpha value is -3.71. The van der Waals surface area contributed by atoms with Gasteiger partial charge in [-0.05, 0) is 18.6 Å². The first-order chi connectivity index (χ1) is 13.9. The number of thioether (sulfide) groups is 1. The molecule has 0 aliphatic rings. The van der Waals surface area contributed by atoms with Gasteiger partial charge in [0.25, 0.3) is 5.69 Å². The lowest BCUT2D eigenvalue weighted by molar-refractivity contribution is -0.384. The number of nitro groups is 1. The summed E-state index contributed by atoms with van der Waals surface area (Å²) < 4.78 is 1.81. The third-order valence-corrected chi connectivity index (χ3v) is 5.18. The number of amides is 1. The Bertz CT molecular complexity index is 1140. The number of carbonyl (C=O) groups excluding carboxylic acids is 1. The van der Waals surface area contributed by atoms with Crippen LogP contribution < -0.4 is 5.32 Å². The van der Waals surface area contributed by atoms with Crippen molar-refractivity contribution < 1.29 is 9.72 Å². The van der Waals surface area contributed by atoms with Gasteiger partial charge in [0.1, 0.15) is 6.07 Å². The van der Waals surface area contributed by atoms with Crippen LogP contribution in [0.5, 0.6) is 0 Å². The Labute approximate surface area is 170 Å². The minimum Gasteiger partial charge on any atom is -0.324 e. The summed E-state index contributed by atoms with van der Waals surface area (Å²) in [5, 5.41) is 31.5. The predicted octanol–water partition coefficient (Wildman–Crippen LogP) is 3.30. The summed E-state index contributed by atoms with van der Waals surface area (Å²) in [5.41, 5.74) is 2.07. The number of benzene rings is 2. The van der Waals surface area contributed by atoms with Crippen molar-refractivity contribution in [2.45, 2.75) is 12.1 Å². The van der Waals surface area contributed by atoms with Gasteiger partial charge in [-0.15, -0.1) is 10.2 Å². The molecule has 10 heteroatoms. The topological polar surface area (TPSA) is 127 Å². The molecule has 1 heterocycles. The summed E-state index contributed by atoms with van der Waals surface area (Å²) in [5.74, 6) is 0.385. The van der Waals surface area contributed by atoms with E-state index >= 15 is 0 Å². The molecular weight excluding hydrogens is 392 g/mol. The lowest BCUT2D eigenvalue weighted by atomic mass is 10.1. The van der Waals surface area contributed by atoms with Crippen LogP contribution in [0.1, 0.15) is 11.1 Å². The van der Waals surface area contributed by atoms with Crippen LogP contribution in [0.25, 0.3) is 11.4 Å². The van der Waals surface area contributed by atoms with Crippen LogP contribution >= 0.6 is 11.8 Å². The lowest BCUT2D eigenvalue weighted by Crippen LogP contribution is -2.15. The second kappa shape index (κ2) is 8.53. The maximum absolute atomic E-state index is 12.3. The molecule has 1 N–H and O–H groups in total. The van der Waals surface area contributed by atoms with Gasteiger partial charge in [0.15, 0.2) is 11.0 Å². The number of carbonyl (C=O) groups is 1. The Balaban J connectivity index is 1.69. The van der Waals surface area contributed by atoms with Crippen LogP contribution in [-0.2, 0) is 11.8 Å². The molecule has 0 saturated heterocycles. The molecule has 0 unspecified atom stereocenters. The van der Waals surface area contributed by atoms with Crippen molar-refractivity contribution in [2.24, 2.45) is 7.05 Å². The maximum atomic E-state index is 12.3. The van der Waals surface area contributed by atoms with Crippen molar-refractivity contribution in [1.29, 1.82) is 5.26 Å². The number of rotatable bonds is 6. The van der Waals surface area contributed by atoms with Crippen LogP contribution in [0.2, 0.25) is 0 Å². The van der Waals surface area contributed by atoms with Gasteiger partial charge in [-0.3, -0.25) is 14.9 Å². The molecule has 1 aromatic heterocycles. The summed E-state index contributed by atoms with van der Waals surface area (Å²) in [6.07, 6.45) is 0. The van der Waals surface area contributed by atoms with E-state index in [-0.39, 0.29) is 28.6 Å².